The molecule has 1 aromatic carbocycles. The number of amides is 1. The van der Waals surface area contributed by atoms with Gasteiger partial charge in [0.2, 0.25) is 0 Å². The first kappa shape index (κ1) is 20.3. The van der Waals surface area contributed by atoms with Gasteiger partial charge in [-0.05, 0) is 48.3 Å². The third kappa shape index (κ3) is 6.39. The number of nitrogens with one attached hydrogen (secondary N) is 1. The zero-order valence-corrected chi connectivity index (χ0v) is 16.1. The van der Waals surface area contributed by atoms with Crippen LogP contribution in [0.15, 0.2) is 16.6 Å². The molecule has 0 fully saturated rings. The molecule has 0 saturated heterocycles. The molecule has 0 heterocycles. The minimum absolute atomic E-state index is 0.125. The van der Waals surface area contributed by atoms with E-state index in [1.807, 2.05) is 6.92 Å². The van der Waals surface area contributed by atoms with Crippen LogP contribution in [0.2, 0.25) is 0 Å². The van der Waals surface area contributed by atoms with Crippen molar-refractivity contribution in [1.82, 2.24) is 5.32 Å². The lowest BCUT2D eigenvalue weighted by molar-refractivity contribution is -0.147. The quantitative estimate of drug-likeness (QED) is 0.642. The lowest BCUT2D eigenvalue weighted by Crippen LogP contribution is -2.27. The normalized spacial score (nSPS) is 10.4. The van der Waals surface area contributed by atoms with E-state index in [0.717, 1.165) is 6.42 Å². The average molecular weight is 402 g/mol. The summed E-state index contributed by atoms with van der Waals surface area (Å²) in [5.41, 5.74) is 0.416. The summed E-state index contributed by atoms with van der Waals surface area (Å²) in [4.78, 5) is 23.7. The zero-order chi connectivity index (χ0) is 18.1. The largest absolute Gasteiger partial charge is 0.493 e. The molecule has 1 N–H and O–H groups in total. The number of benzene rings is 1. The van der Waals surface area contributed by atoms with E-state index in [0.29, 0.717) is 28.1 Å². The number of halogens is 1. The van der Waals surface area contributed by atoms with E-state index in [-0.39, 0.29) is 30.9 Å². The average Bonchev–Trinajstić information content (AvgIpc) is 2.52. The van der Waals surface area contributed by atoms with Crippen molar-refractivity contribution < 1.29 is 23.8 Å². The highest BCUT2D eigenvalue weighted by molar-refractivity contribution is 9.10. The number of carbonyl (C=O) groups is 2. The smallest absolute Gasteiger partial charge is 0.307 e. The first-order valence-electron chi connectivity index (χ1n) is 7.87. The standard InChI is InChI=1S/C17H24BrNO5/c1-5-8-23-16-13(18)9-12(10-14(16)22-4)17(21)19-7-6-15(20)24-11(2)3/h9-11H,5-8H2,1-4H3,(H,19,21). The molecule has 134 valence electrons. The summed E-state index contributed by atoms with van der Waals surface area (Å²) in [6, 6.07) is 3.27. The topological polar surface area (TPSA) is 73.9 Å². The second-order valence-electron chi connectivity index (χ2n) is 5.38. The minimum Gasteiger partial charge on any atom is -0.493 e. The van der Waals surface area contributed by atoms with Crippen molar-refractivity contribution in [2.75, 3.05) is 20.3 Å². The number of carbonyl (C=O) groups excluding carboxylic acids is 2. The van der Waals surface area contributed by atoms with Gasteiger partial charge in [0.25, 0.3) is 5.91 Å². The Hall–Kier alpha value is -1.76. The number of ether oxygens (including phenoxy) is 3. The highest BCUT2D eigenvalue weighted by Crippen LogP contribution is 2.36. The van der Waals surface area contributed by atoms with Crippen LogP contribution in [0.5, 0.6) is 11.5 Å². The van der Waals surface area contributed by atoms with Crippen LogP contribution in [0, 0.1) is 0 Å². The SMILES string of the molecule is CCCOc1c(Br)cc(C(=O)NCCC(=O)OC(C)C)cc1OC. The van der Waals surface area contributed by atoms with Gasteiger partial charge in [0.05, 0.1) is 30.7 Å². The predicted octanol–water partition coefficient (Wildman–Crippen LogP) is 3.32. The summed E-state index contributed by atoms with van der Waals surface area (Å²) in [5.74, 6) is 0.402. The van der Waals surface area contributed by atoms with E-state index in [4.69, 9.17) is 14.2 Å². The third-order valence-corrected chi connectivity index (χ3v) is 3.51. The molecule has 0 aliphatic heterocycles. The van der Waals surface area contributed by atoms with Crippen LogP contribution in [0.3, 0.4) is 0 Å². The Balaban J connectivity index is 2.70. The Bertz CT molecular complexity index is 574. The minimum atomic E-state index is -0.340. The molecule has 0 unspecified atom stereocenters. The lowest BCUT2D eigenvalue weighted by atomic mass is 10.2. The van der Waals surface area contributed by atoms with E-state index >= 15 is 0 Å². The summed E-state index contributed by atoms with van der Waals surface area (Å²) in [6.07, 6.45) is 0.827. The van der Waals surface area contributed by atoms with Gasteiger partial charge >= 0.3 is 5.97 Å². The molecule has 0 aliphatic carbocycles. The Morgan fingerprint density at radius 1 is 1.29 bits per heavy atom. The van der Waals surface area contributed by atoms with Crippen LogP contribution in [0.4, 0.5) is 0 Å². The van der Waals surface area contributed by atoms with Gasteiger partial charge in [-0.15, -0.1) is 0 Å². The van der Waals surface area contributed by atoms with Crippen LogP contribution in [0.25, 0.3) is 0 Å². The van der Waals surface area contributed by atoms with Crippen molar-refractivity contribution in [3.63, 3.8) is 0 Å². The molecule has 0 bridgehead atoms. The molecule has 0 atom stereocenters. The maximum Gasteiger partial charge on any atom is 0.307 e. The van der Waals surface area contributed by atoms with Crippen LogP contribution in [-0.2, 0) is 9.53 Å². The highest BCUT2D eigenvalue weighted by Gasteiger charge is 2.16. The molecule has 1 aromatic rings. The Morgan fingerprint density at radius 2 is 2.00 bits per heavy atom. The summed E-state index contributed by atoms with van der Waals surface area (Å²) < 4.78 is 16.6. The number of methoxy groups -OCH3 is 1. The van der Waals surface area contributed by atoms with Gasteiger partial charge in [0, 0.05) is 12.1 Å². The maximum absolute atomic E-state index is 12.2. The summed E-state index contributed by atoms with van der Waals surface area (Å²) in [7, 11) is 1.52. The molecule has 24 heavy (non-hydrogen) atoms. The zero-order valence-electron chi connectivity index (χ0n) is 14.5. The predicted molar refractivity (Wildman–Crippen MR) is 94.7 cm³/mol. The third-order valence-electron chi connectivity index (χ3n) is 2.92. The molecule has 0 aliphatic rings. The fraction of sp³-hybridized carbons (Fsp3) is 0.529. The van der Waals surface area contributed by atoms with Gasteiger partial charge in [-0.3, -0.25) is 9.59 Å². The first-order chi connectivity index (χ1) is 11.4. The summed E-state index contributed by atoms with van der Waals surface area (Å²) in [5, 5.41) is 2.69. The van der Waals surface area contributed by atoms with Crippen LogP contribution >= 0.6 is 15.9 Å². The molecule has 0 saturated carbocycles. The van der Waals surface area contributed by atoms with Crippen molar-refractivity contribution >= 4 is 27.8 Å². The van der Waals surface area contributed by atoms with Crippen LogP contribution in [0.1, 0.15) is 44.0 Å². The Labute approximate surface area is 151 Å². The molecule has 0 aromatic heterocycles. The monoisotopic (exact) mass is 401 g/mol. The van der Waals surface area contributed by atoms with Gasteiger partial charge in [0.15, 0.2) is 11.5 Å². The molecular formula is C17H24BrNO5. The summed E-state index contributed by atoms with van der Waals surface area (Å²) >= 11 is 3.40. The molecule has 0 radical (unpaired) electrons. The number of esters is 1. The van der Waals surface area contributed by atoms with Gasteiger partial charge in [-0.25, -0.2) is 0 Å². The van der Waals surface area contributed by atoms with Crippen molar-refractivity contribution in [3.8, 4) is 11.5 Å². The molecule has 0 spiro atoms. The second kappa shape index (κ2) is 10.2. The highest BCUT2D eigenvalue weighted by atomic mass is 79.9. The fourth-order valence-corrected chi connectivity index (χ4v) is 2.45. The van der Waals surface area contributed by atoms with Gasteiger partial charge in [0.1, 0.15) is 0 Å². The number of hydrogen-bond donors (Lipinski definition) is 1. The molecular weight excluding hydrogens is 378 g/mol. The number of hydrogen-bond acceptors (Lipinski definition) is 5. The van der Waals surface area contributed by atoms with Crippen molar-refractivity contribution in [1.29, 1.82) is 0 Å². The molecule has 1 amide bonds. The Morgan fingerprint density at radius 3 is 2.58 bits per heavy atom. The van der Waals surface area contributed by atoms with E-state index in [9.17, 15) is 9.59 Å². The van der Waals surface area contributed by atoms with Crippen molar-refractivity contribution in [3.05, 3.63) is 22.2 Å². The lowest BCUT2D eigenvalue weighted by Gasteiger charge is -2.14. The fourth-order valence-electron chi connectivity index (χ4n) is 1.90. The maximum atomic E-state index is 12.2. The van der Waals surface area contributed by atoms with Crippen molar-refractivity contribution in [2.45, 2.75) is 39.7 Å². The first-order valence-corrected chi connectivity index (χ1v) is 8.66. The van der Waals surface area contributed by atoms with Crippen LogP contribution in [-0.4, -0.2) is 38.2 Å². The number of rotatable bonds is 9. The second-order valence-corrected chi connectivity index (χ2v) is 6.24. The van der Waals surface area contributed by atoms with Gasteiger partial charge in [-0.1, -0.05) is 6.92 Å². The summed E-state index contributed by atoms with van der Waals surface area (Å²) in [6.45, 7) is 6.33. The molecule has 6 nitrogen and oxygen atoms in total. The van der Waals surface area contributed by atoms with Gasteiger partial charge < -0.3 is 19.5 Å². The van der Waals surface area contributed by atoms with E-state index in [2.05, 4.69) is 21.2 Å². The van der Waals surface area contributed by atoms with E-state index in [1.165, 1.54) is 7.11 Å². The van der Waals surface area contributed by atoms with Crippen LogP contribution < -0.4 is 14.8 Å². The Kier molecular flexibility index (Phi) is 8.60. The van der Waals surface area contributed by atoms with Crippen molar-refractivity contribution in [2.24, 2.45) is 0 Å². The van der Waals surface area contributed by atoms with E-state index in [1.54, 1.807) is 26.0 Å². The van der Waals surface area contributed by atoms with Gasteiger partial charge in [-0.2, -0.15) is 0 Å². The van der Waals surface area contributed by atoms with E-state index < -0.39 is 0 Å². The molecule has 1 rings (SSSR count). The molecule has 7 heteroatoms.